The fourth-order valence-corrected chi connectivity index (χ4v) is 3.13. The minimum atomic E-state index is -0.406. The van der Waals surface area contributed by atoms with Crippen LogP contribution in [0.1, 0.15) is 23.2 Å². The zero-order chi connectivity index (χ0) is 15.2. The predicted molar refractivity (Wildman–Crippen MR) is 80.1 cm³/mol. The Bertz CT molecular complexity index is 743. The van der Waals surface area contributed by atoms with Gasteiger partial charge in [-0.15, -0.1) is 0 Å². The maximum Gasteiger partial charge on any atom is 0.256 e. The van der Waals surface area contributed by atoms with Crippen molar-refractivity contribution in [2.45, 2.75) is 12.8 Å². The number of nitrogens with zero attached hydrogens (tertiary/aromatic N) is 2. The van der Waals surface area contributed by atoms with Gasteiger partial charge in [0.05, 0.1) is 24.3 Å². The van der Waals surface area contributed by atoms with Crippen LogP contribution in [0.2, 0.25) is 0 Å². The molecule has 2 aliphatic rings. The third-order valence-electron chi connectivity index (χ3n) is 4.58. The molecule has 1 aliphatic carbocycles. The molecule has 5 heteroatoms. The lowest BCUT2D eigenvalue weighted by Crippen LogP contribution is -2.36. The van der Waals surface area contributed by atoms with E-state index in [0.29, 0.717) is 36.2 Å². The van der Waals surface area contributed by atoms with Crippen LogP contribution in [0.15, 0.2) is 30.5 Å². The van der Waals surface area contributed by atoms with Gasteiger partial charge in [0.15, 0.2) is 0 Å². The predicted octanol–water partition coefficient (Wildman–Crippen LogP) is 2.63. The van der Waals surface area contributed by atoms with Crippen LogP contribution in [0.4, 0.5) is 4.39 Å². The van der Waals surface area contributed by atoms with Gasteiger partial charge in [-0.1, -0.05) is 6.07 Å². The molecule has 1 aliphatic heterocycles. The van der Waals surface area contributed by atoms with Crippen molar-refractivity contribution in [3.05, 3.63) is 41.8 Å². The van der Waals surface area contributed by atoms with E-state index in [1.807, 2.05) is 0 Å². The molecule has 2 aromatic rings. The number of rotatable bonds is 1. The number of hydrogen-bond acceptors (Lipinski definition) is 3. The van der Waals surface area contributed by atoms with Gasteiger partial charge in [-0.05, 0) is 31.0 Å². The first kappa shape index (κ1) is 13.6. The van der Waals surface area contributed by atoms with E-state index in [1.165, 1.54) is 12.1 Å². The molecule has 0 radical (unpaired) electrons. The highest BCUT2D eigenvalue weighted by molar-refractivity contribution is 6.05. The molecule has 1 saturated heterocycles. The molecule has 4 nitrogen and oxygen atoms in total. The maximum atomic E-state index is 13.8. The van der Waals surface area contributed by atoms with Crippen LogP contribution in [-0.4, -0.2) is 42.1 Å². The van der Waals surface area contributed by atoms with Crippen molar-refractivity contribution in [1.82, 2.24) is 9.88 Å². The molecule has 1 aromatic heterocycles. The third-order valence-corrected chi connectivity index (χ3v) is 4.58. The van der Waals surface area contributed by atoms with E-state index in [9.17, 15) is 9.18 Å². The summed E-state index contributed by atoms with van der Waals surface area (Å²) in [5.41, 5.74) is 1.03. The Morgan fingerprint density at radius 1 is 1.36 bits per heavy atom. The molecule has 2 fully saturated rings. The van der Waals surface area contributed by atoms with Crippen molar-refractivity contribution in [1.29, 1.82) is 0 Å². The standard InChI is InChI=1S/C17H17FN2O2/c18-13-8-12-2-1-5-19-15(12)14(9-13)16(21)20-6-7-22-11-17(10-20)3-4-17/h1-2,5,8-9H,3-4,6-7,10-11H2. The van der Waals surface area contributed by atoms with Crippen LogP contribution in [0.5, 0.6) is 0 Å². The summed E-state index contributed by atoms with van der Waals surface area (Å²) in [6, 6.07) is 6.22. The minimum Gasteiger partial charge on any atom is -0.379 e. The van der Waals surface area contributed by atoms with Gasteiger partial charge in [-0.25, -0.2) is 4.39 Å². The molecule has 1 aromatic carbocycles. The lowest BCUT2D eigenvalue weighted by atomic mass is 10.1. The SMILES string of the molecule is O=C(c1cc(F)cc2cccnc12)N1CCOCC2(CC2)C1. The fraction of sp³-hybridized carbons (Fsp3) is 0.412. The topological polar surface area (TPSA) is 42.4 Å². The number of ether oxygens (including phenoxy) is 1. The van der Waals surface area contributed by atoms with Crippen molar-refractivity contribution in [3.8, 4) is 0 Å². The average molecular weight is 300 g/mol. The second-order valence-electron chi connectivity index (χ2n) is 6.31. The molecular weight excluding hydrogens is 283 g/mol. The second kappa shape index (κ2) is 5.02. The van der Waals surface area contributed by atoms with Gasteiger partial charge in [0.2, 0.25) is 0 Å². The number of hydrogen-bond donors (Lipinski definition) is 0. The highest BCUT2D eigenvalue weighted by Gasteiger charge is 2.46. The zero-order valence-corrected chi connectivity index (χ0v) is 12.2. The third kappa shape index (κ3) is 2.35. The van der Waals surface area contributed by atoms with E-state index in [0.717, 1.165) is 19.4 Å². The summed E-state index contributed by atoms with van der Waals surface area (Å²) in [7, 11) is 0. The number of carbonyl (C=O) groups excluding carboxylic acids is 1. The van der Waals surface area contributed by atoms with Crippen LogP contribution < -0.4 is 0 Å². The number of carbonyl (C=O) groups is 1. The number of aromatic nitrogens is 1. The summed E-state index contributed by atoms with van der Waals surface area (Å²) < 4.78 is 19.5. The van der Waals surface area contributed by atoms with Crippen molar-refractivity contribution >= 4 is 16.8 Å². The summed E-state index contributed by atoms with van der Waals surface area (Å²) in [6.45, 7) is 2.50. The largest absolute Gasteiger partial charge is 0.379 e. The van der Waals surface area contributed by atoms with E-state index in [-0.39, 0.29) is 11.3 Å². The van der Waals surface area contributed by atoms with Gasteiger partial charge in [0, 0.05) is 30.1 Å². The summed E-state index contributed by atoms with van der Waals surface area (Å²) in [5.74, 6) is -0.559. The molecule has 1 spiro atoms. The molecule has 114 valence electrons. The van der Waals surface area contributed by atoms with E-state index >= 15 is 0 Å². The van der Waals surface area contributed by atoms with Gasteiger partial charge in [-0.3, -0.25) is 9.78 Å². The smallest absolute Gasteiger partial charge is 0.256 e. The molecule has 0 atom stereocenters. The fourth-order valence-electron chi connectivity index (χ4n) is 3.13. The van der Waals surface area contributed by atoms with E-state index in [4.69, 9.17) is 4.74 Å². The molecule has 2 heterocycles. The van der Waals surface area contributed by atoms with Gasteiger partial charge in [-0.2, -0.15) is 0 Å². The quantitative estimate of drug-likeness (QED) is 0.813. The highest BCUT2D eigenvalue weighted by atomic mass is 19.1. The summed E-state index contributed by atoms with van der Waals surface area (Å²) in [6.07, 6.45) is 3.82. The van der Waals surface area contributed by atoms with Crippen LogP contribution in [0.3, 0.4) is 0 Å². The number of pyridine rings is 1. The Morgan fingerprint density at radius 3 is 3.05 bits per heavy atom. The first-order valence-corrected chi connectivity index (χ1v) is 7.58. The molecule has 0 N–H and O–H groups in total. The van der Waals surface area contributed by atoms with Gasteiger partial charge in [0.1, 0.15) is 5.82 Å². The Morgan fingerprint density at radius 2 is 2.23 bits per heavy atom. The Labute approximate surface area is 127 Å². The van der Waals surface area contributed by atoms with Crippen molar-refractivity contribution in [2.75, 3.05) is 26.3 Å². The van der Waals surface area contributed by atoms with E-state index < -0.39 is 5.82 Å². The molecule has 22 heavy (non-hydrogen) atoms. The summed E-state index contributed by atoms with van der Waals surface area (Å²) in [5, 5.41) is 0.651. The lowest BCUT2D eigenvalue weighted by molar-refractivity contribution is 0.0736. The normalized spacial score (nSPS) is 20.1. The van der Waals surface area contributed by atoms with Crippen LogP contribution in [-0.2, 0) is 4.74 Å². The van der Waals surface area contributed by atoms with E-state index in [2.05, 4.69) is 4.98 Å². The van der Waals surface area contributed by atoms with Gasteiger partial charge in [0.25, 0.3) is 5.91 Å². The first-order valence-electron chi connectivity index (χ1n) is 7.58. The molecular formula is C17H17FN2O2. The number of amides is 1. The van der Waals surface area contributed by atoms with Crippen molar-refractivity contribution in [3.63, 3.8) is 0 Å². The second-order valence-corrected chi connectivity index (χ2v) is 6.31. The van der Waals surface area contributed by atoms with Crippen molar-refractivity contribution < 1.29 is 13.9 Å². The molecule has 0 bridgehead atoms. The number of halogens is 1. The van der Waals surface area contributed by atoms with Gasteiger partial charge < -0.3 is 9.64 Å². The Balaban J connectivity index is 1.73. The zero-order valence-electron chi connectivity index (χ0n) is 12.2. The first-order chi connectivity index (χ1) is 10.7. The van der Waals surface area contributed by atoms with E-state index in [1.54, 1.807) is 23.2 Å². The molecule has 1 saturated carbocycles. The Hall–Kier alpha value is -2.01. The van der Waals surface area contributed by atoms with Gasteiger partial charge >= 0.3 is 0 Å². The number of fused-ring (bicyclic) bond motifs is 1. The minimum absolute atomic E-state index is 0.128. The highest BCUT2D eigenvalue weighted by Crippen LogP contribution is 2.47. The number of benzene rings is 1. The van der Waals surface area contributed by atoms with Crippen LogP contribution in [0, 0.1) is 11.2 Å². The van der Waals surface area contributed by atoms with Crippen LogP contribution in [0.25, 0.3) is 10.9 Å². The Kier molecular flexibility index (Phi) is 3.11. The van der Waals surface area contributed by atoms with Crippen molar-refractivity contribution in [2.24, 2.45) is 5.41 Å². The monoisotopic (exact) mass is 300 g/mol. The van der Waals surface area contributed by atoms with Crippen LogP contribution >= 0.6 is 0 Å². The summed E-state index contributed by atoms with van der Waals surface area (Å²) in [4.78, 5) is 19.0. The molecule has 4 rings (SSSR count). The molecule has 0 unspecified atom stereocenters. The summed E-state index contributed by atoms with van der Waals surface area (Å²) >= 11 is 0. The average Bonchev–Trinajstić information content (AvgIpc) is 3.32. The maximum absolute atomic E-state index is 13.8. The lowest BCUT2D eigenvalue weighted by Gasteiger charge is -2.23. The molecule has 1 amide bonds.